The average Bonchev–Trinajstić information content (AvgIpc) is 2.32. The van der Waals surface area contributed by atoms with Crippen molar-refractivity contribution in [2.45, 2.75) is 0 Å². The number of hydrogen-bond donors (Lipinski definition) is 2. The fraction of sp³-hybridized carbons (Fsp3) is 0. The summed E-state index contributed by atoms with van der Waals surface area (Å²) in [6.07, 6.45) is 0. The highest BCUT2D eigenvalue weighted by Crippen LogP contribution is 2.03. The van der Waals surface area contributed by atoms with Crippen molar-refractivity contribution in [2.24, 2.45) is 5.73 Å². The molecule has 0 atom stereocenters. The maximum Gasteiger partial charge on any atom is 0.316 e. The van der Waals surface area contributed by atoms with Crippen LogP contribution in [0.5, 0.6) is 0 Å². The molecule has 0 heterocycles. The van der Waals surface area contributed by atoms with Crippen LogP contribution in [0.4, 0.5) is 10.5 Å². The number of amides is 2. The first-order chi connectivity index (χ1) is 7.79. The van der Waals surface area contributed by atoms with E-state index < -0.39 is 6.03 Å². The summed E-state index contributed by atoms with van der Waals surface area (Å²) >= 11 is 0. The zero-order valence-electron chi connectivity index (χ0n) is 8.84. The summed E-state index contributed by atoms with van der Waals surface area (Å²) in [5.74, 6) is 0. The van der Waals surface area contributed by atoms with Gasteiger partial charge in [0.15, 0.2) is 0 Å². The molecule has 0 aromatic heterocycles. The van der Waals surface area contributed by atoms with E-state index in [1.54, 1.807) is 12.1 Å². The molecule has 82 valence electrons. The zero-order valence-corrected chi connectivity index (χ0v) is 8.84. The Hall–Kier alpha value is -2.29. The van der Waals surface area contributed by atoms with Gasteiger partial charge in [0, 0.05) is 5.69 Å². The Morgan fingerprint density at radius 2 is 1.19 bits per heavy atom. The molecule has 3 heteroatoms. The topological polar surface area (TPSA) is 55.1 Å². The third-order valence-corrected chi connectivity index (χ3v) is 1.71. The summed E-state index contributed by atoms with van der Waals surface area (Å²) < 4.78 is 0. The smallest absolute Gasteiger partial charge is 0.316 e. The number of anilines is 1. The van der Waals surface area contributed by atoms with Crippen molar-refractivity contribution in [2.75, 3.05) is 5.32 Å². The molecule has 2 aromatic rings. The Bertz CT molecular complexity index is 374. The fourth-order valence-electron chi connectivity index (χ4n) is 1.05. The second kappa shape index (κ2) is 7.06. The van der Waals surface area contributed by atoms with Crippen molar-refractivity contribution in [1.29, 1.82) is 0 Å². The number of carbonyl (C=O) groups excluding carboxylic acids is 1. The van der Waals surface area contributed by atoms with Gasteiger partial charge >= 0.3 is 6.03 Å². The SMILES string of the molecule is NC(=O)Nc1ccccc1.c1ccccc1. The second-order valence-electron chi connectivity index (χ2n) is 3.01. The van der Waals surface area contributed by atoms with E-state index in [1.165, 1.54) is 0 Å². The van der Waals surface area contributed by atoms with Crippen LogP contribution in [0.3, 0.4) is 0 Å². The van der Waals surface area contributed by atoms with E-state index in [4.69, 9.17) is 5.73 Å². The lowest BCUT2D eigenvalue weighted by atomic mass is 10.3. The number of urea groups is 1. The van der Waals surface area contributed by atoms with E-state index in [9.17, 15) is 4.79 Å². The summed E-state index contributed by atoms with van der Waals surface area (Å²) in [5, 5.41) is 2.44. The van der Waals surface area contributed by atoms with E-state index in [2.05, 4.69) is 5.32 Å². The van der Waals surface area contributed by atoms with Crippen LogP contribution in [0, 0.1) is 0 Å². The Balaban J connectivity index is 0.000000181. The normalized spacial score (nSPS) is 8.50. The summed E-state index contributed by atoms with van der Waals surface area (Å²) in [6.45, 7) is 0. The van der Waals surface area contributed by atoms with Gasteiger partial charge in [0.05, 0.1) is 0 Å². The van der Waals surface area contributed by atoms with Gasteiger partial charge in [0.2, 0.25) is 0 Å². The molecule has 0 bridgehead atoms. The summed E-state index contributed by atoms with van der Waals surface area (Å²) in [6, 6.07) is 20.5. The minimum Gasteiger partial charge on any atom is -0.351 e. The molecule has 0 saturated carbocycles. The molecule has 0 fully saturated rings. The van der Waals surface area contributed by atoms with Crippen molar-refractivity contribution in [1.82, 2.24) is 0 Å². The van der Waals surface area contributed by atoms with Gasteiger partial charge in [0.25, 0.3) is 0 Å². The number of benzene rings is 2. The Morgan fingerprint density at radius 3 is 1.56 bits per heavy atom. The molecule has 0 radical (unpaired) electrons. The number of nitrogens with two attached hydrogens (primary N) is 1. The van der Waals surface area contributed by atoms with Crippen molar-refractivity contribution in [3.63, 3.8) is 0 Å². The van der Waals surface area contributed by atoms with Gasteiger partial charge in [-0.25, -0.2) is 4.79 Å². The van der Waals surface area contributed by atoms with E-state index in [0.29, 0.717) is 0 Å². The predicted octanol–water partition coefficient (Wildman–Crippen LogP) is 2.86. The van der Waals surface area contributed by atoms with Gasteiger partial charge < -0.3 is 11.1 Å². The molecule has 0 unspecified atom stereocenters. The predicted molar refractivity (Wildman–Crippen MR) is 66.1 cm³/mol. The van der Waals surface area contributed by atoms with Gasteiger partial charge in [-0.05, 0) is 12.1 Å². The molecule has 0 aliphatic carbocycles. The number of carbonyl (C=O) groups is 1. The van der Waals surface area contributed by atoms with E-state index in [0.717, 1.165) is 5.69 Å². The van der Waals surface area contributed by atoms with Gasteiger partial charge in [-0.3, -0.25) is 0 Å². The van der Waals surface area contributed by atoms with Gasteiger partial charge in [-0.1, -0.05) is 54.6 Å². The first-order valence-electron chi connectivity index (χ1n) is 4.90. The van der Waals surface area contributed by atoms with Gasteiger partial charge in [-0.2, -0.15) is 0 Å². The van der Waals surface area contributed by atoms with Crippen LogP contribution in [0.25, 0.3) is 0 Å². The van der Waals surface area contributed by atoms with Crippen LogP contribution in [0.2, 0.25) is 0 Å². The number of para-hydroxylation sites is 1. The van der Waals surface area contributed by atoms with Crippen LogP contribution in [0.15, 0.2) is 66.7 Å². The lowest BCUT2D eigenvalue weighted by molar-refractivity contribution is 0.259. The quantitative estimate of drug-likeness (QED) is 0.753. The van der Waals surface area contributed by atoms with Crippen LogP contribution in [-0.2, 0) is 0 Å². The molecule has 0 aliphatic heterocycles. The first-order valence-corrected chi connectivity index (χ1v) is 4.90. The van der Waals surface area contributed by atoms with Crippen LogP contribution in [-0.4, -0.2) is 6.03 Å². The Morgan fingerprint density at radius 1 is 0.812 bits per heavy atom. The van der Waals surface area contributed by atoms with Crippen molar-refractivity contribution < 1.29 is 4.79 Å². The molecule has 2 rings (SSSR count). The van der Waals surface area contributed by atoms with Crippen LogP contribution >= 0.6 is 0 Å². The number of primary amides is 1. The first kappa shape index (κ1) is 11.8. The van der Waals surface area contributed by atoms with Crippen LogP contribution < -0.4 is 11.1 Å². The lowest BCUT2D eigenvalue weighted by Crippen LogP contribution is -2.18. The summed E-state index contributed by atoms with van der Waals surface area (Å²) in [7, 11) is 0. The molecule has 0 aliphatic rings. The molecule has 0 spiro atoms. The molecule has 16 heavy (non-hydrogen) atoms. The van der Waals surface area contributed by atoms with Crippen LogP contribution in [0.1, 0.15) is 0 Å². The third kappa shape index (κ3) is 5.44. The maximum atomic E-state index is 10.3. The monoisotopic (exact) mass is 214 g/mol. The fourth-order valence-corrected chi connectivity index (χ4v) is 1.05. The zero-order chi connectivity index (χ0) is 11.6. The van der Waals surface area contributed by atoms with Gasteiger partial charge in [0.1, 0.15) is 0 Å². The number of rotatable bonds is 1. The number of nitrogens with one attached hydrogen (secondary N) is 1. The standard InChI is InChI=1S/C7H8N2O.C6H6/c8-7(10)9-6-4-2-1-3-5-6;1-2-4-6-5-3-1/h1-5H,(H3,8,9,10);1-6H. The van der Waals surface area contributed by atoms with Crippen molar-refractivity contribution >= 4 is 11.7 Å². The van der Waals surface area contributed by atoms with E-state index in [1.807, 2.05) is 54.6 Å². The minimum atomic E-state index is -0.536. The highest BCUT2D eigenvalue weighted by molar-refractivity contribution is 5.87. The molecular weight excluding hydrogens is 200 g/mol. The van der Waals surface area contributed by atoms with Gasteiger partial charge in [-0.15, -0.1) is 0 Å². The van der Waals surface area contributed by atoms with Crippen molar-refractivity contribution in [3.8, 4) is 0 Å². The Kier molecular flexibility index (Phi) is 5.20. The Labute approximate surface area is 94.9 Å². The molecule has 3 N–H and O–H groups in total. The number of hydrogen-bond acceptors (Lipinski definition) is 1. The molecule has 3 nitrogen and oxygen atoms in total. The average molecular weight is 214 g/mol. The summed E-state index contributed by atoms with van der Waals surface area (Å²) in [4.78, 5) is 10.3. The molecule has 0 saturated heterocycles. The third-order valence-electron chi connectivity index (χ3n) is 1.71. The molecule has 2 amide bonds. The lowest BCUT2D eigenvalue weighted by Gasteiger charge is -1.97. The molecular formula is C13H14N2O. The van der Waals surface area contributed by atoms with E-state index in [-0.39, 0.29) is 0 Å². The maximum absolute atomic E-state index is 10.3. The van der Waals surface area contributed by atoms with E-state index >= 15 is 0 Å². The highest BCUT2D eigenvalue weighted by atomic mass is 16.2. The van der Waals surface area contributed by atoms with Crippen molar-refractivity contribution in [3.05, 3.63) is 66.7 Å². The molecule has 2 aromatic carbocycles. The second-order valence-corrected chi connectivity index (χ2v) is 3.01. The minimum absolute atomic E-state index is 0.536. The highest BCUT2D eigenvalue weighted by Gasteiger charge is 1.90. The largest absolute Gasteiger partial charge is 0.351 e. The summed E-state index contributed by atoms with van der Waals surface area (Å²) in [5.41, 5.74) is 5.59.